The van der Waals surface area contributed by atoms with Gasteiger partial charge in [0.15, 0.2) is 0 Å². The van der Waals surface area contributed by atoms with E-state index in [1.165, 1.54) is 0 Å². The van der Waals surface area contributed by atoms with E-state index in [-0.39, 0.29) is 6.04 Å². The van der Waals surface area contributed by atoms with Crippen molar-refractivity contribution in [1.29, 1.82) is 5.53 Å². The zero-order valence-corrected chi connectivity index (χ0v) is 5.96. The maximum absolute atomic E-state index is 6.67. The molecule has 3 nitrogen and oxygen atoms in total. The van der Waals surface area contributed by atoms with Crippen molar-refractivity contribution >= 4 is 6.21 Å². The Labute approximate surface area is 55.7 Å². The van der Waals surface area contributed by atoms with Gasteiger partial charge in [0.1, 0.15) is 6.04 Å². The molecule has 0 aromatic heterocycles. The van der Waals surface area contributed by atoms with Gasteiger partial charge in [0, 0.05) is 12.8 Å². The second kappa shape index (κ2) is 5.41. The molecule has 3 heteroatoms. The lowest BCUT2D eigenvalue weighted by Crippen LogP contribution is -2.02. The summed E-state index contributed by atoms with van der Waals surface area (Å²) in [7, 11) is 0. The van der Waals surface area contributed by atoms with Gasteiger partial charge in [0.2, 0.25) is 0 Å². The normalized spacial score (nSPS) is 14.0. The Balaban J connectivity index is 3.54. The maximum atomic E-state index is 6.67. The Morgan fingerprint density at radius 3 is 2.56 bits per heavy atom. The highest BCUT2D eigenvalue weighted by Gasteiger charge is 1.95. The molecule has 0 aromatic carbocycles. The van der Waals surface area contributed by atoms with E-state index in [0.29, 0.717) is 0 Å². The predicted molar refractivity (Wildman–Crippen MR) is 38.3 cm³/mol. The first-order chi connectivity index (χ1) is 4.35. The molecule has 0 spiro atoms. The molecule has 0 radical (unpaired) electrons. The molecule has 52 valence electrons. The molecule has 0 rings (SSSR count). The first-order valence-electron chi connectivity index (χ1n) is 3.21. The Hall–Kier alpha value is -0.730. The van der Waals surface area contributed by atoms with Gasteiger partial charge in [0.05, 0.1) is 0 Å². The van der Waals surface area contributed by atoms with Crippen LogP contribution in [-0.2, 0) is 0 Å². The summed E-state index contributed by atoms with van der Waals surface area (Å²) in [5.74, 6) is 0. The molecule has 0 amide bonds. The lowest BCUT2D eigenvalue weighted by molar-refractivity contribution is 0.758. The average Bonchev–Trinajstić information content (AvgIpc) is 1.91. The van der Waals surface area contributed by atoms with E-state index in [1.54, 1.807) is 6.21 Å². The fraction of sp³-hybridized carbons (Fsp3) is 0.833. The molecule has 0 heterocycles. The van der Waals surface area contributed by atoms with E-state index in [4.69, 9.17) is 5.53 Å². The molecule has 0 aliphatic carbocycles. The first kappa shape index (κ1) is 8.27. The van der Waals surface area contributed by atoms with Crippen molar-refractivity contribution in [3.05, 3.63) is 0 Å². The quantitative estimate of drug-likeness (QED) is 0.443. The van der Waals surface area contributed by atoms with Crippen LogP contribution in [0.4, 0.5) is 0 Å². The number of hydrogen-bond donors (Lipinski definition) is 1. The highest BCUT2D eigenvalue weighted by atomic mass is 15.0. The molecule has 0 saturated carbocycles. The van der Waals surface area contributed by atoms with Crippen molar-refractivity contribution in [2.45, 2.75) is 26.3 Å². The SMILES string of the molecule is CCN=CC(CC)N=N. The third-order valence-electron chi connectivity index (χ3n) is 1.04. The van der Waals surface area contributed by atoms with Crippen LogP contribution < -0.4 is 0 Å². The number of nitrogens with one attached hydrogen (secondary N) is 1. The van der Waals surface area contributed by atoms with E-state index in [0.717, 1.165) is 13.0 Å². The van der Waals surface area contributed by atoms with Crippen LogP contribution in [0.15, 0.2) is 10.1 Å². The minimum absolute atomic E-state index is 0.00458. The monoisotopic (exact) mass is 127 g/mol. The second-order valence-corrected chi connectivity index (χ2v) is 1.75. The van der Waals surface area contributed by atoms with E-state index < -0.39 is 0 Å². The molecule has 9 heavy (non-hydrogen) atoms. The van der Waals surface area contributed by atoms with Gasteiger partial charge in [-0.05, 0) is 13.3 Å². The predicted octanol–water partition coefficient (Wildman–Crippen LogP) is 1.89. The van der Waals surface area contributed by atoms with Crippen molar-refractivity contribution < 1.29 is 0 Å². The van der Waals surface area contributed by atoms with Crippen LogP contribution in [0.2, 0.25) is 0 Å². The molecule has 0 saturated heterocycles. The van der Waals surface area contributed by atoms with Gasteiger partial charge in [-0.2, -0.15) is 5.11 Å². The Bertz CT molecular complexity index is 98.5. The Kier molecular flexibility index (Phi) is 4.97. The van der Waals surface area contributed by atoms with Gasteiger partial charge in [-0.25, -0.2) is 5.53 Å². The summed E-state index contributed by atoms with van der Waals surface area (Å²) in [6.45, 7) is 4.74. The van der Waals surface area contributed by atoms with Crippen LogP contribution in [0.1, 0.15) is 20.3 Å². The molecule has 0 bridgehead atoms. The lowest BCUT2D eigenvalue weighted by Gasteiger charge is -1.96. The molecule has 0 fully saturated rings. The van der Waals surface area contributed by atoms with Crippen LogP contribution in [0.3, 0.4) is 0 Å². The minimum atomic E-state index is 0.00458. The first-order valence-corrected chi connectivity index (χ1v) is 3.21. The van der Waals surface area contributed by atoms with Crippen LogP contribution in [0.25, 0.3) is 0 Å². The maximum Gasteiger partial charge on any atom is 0.105 e. The molecule has 1 atom stereocenters. The highest BCUT2D eigenvalue weighted by Crippen LogP contribution is 1.91. The number of aliphatic imine (C=N–C) groups is 1. The van der Waals surface area contributed by atoms with E-state index in [2.05, 4.69) is 10.1 Å². The summed E-state index contributed by atoms with van der Waals surface area (Å²) in [5.41, 5.74) is 6.67. The van der Waals surface area contributed by atoms with Crippen LogP contribution >= 0.6 is 0 Å². The van der Waals surface area contributed by atoms with Gasteiger partial charge in [-0.15, -0.1) is 0 Å². The third-order valence-corrected chi connectivity index (χ3v) is 1.04. The fourth-order valence-electron chi connectivity index (χ4n) is 0.457. The zero-order valence-electron chi connectivity index (χ0n) is 5.96. The highest BCUT2D eigenvalue weighted by molar-refractivity contribution is 5.64. The summed E-state index contributed by atoms with van der Waals surface area (Å²) < 4.78 is 0. The van der Waals surface area contributed by atoms with E-state index in [9.17, 15) is 0 Å². The van der Waals surface area contributed by atoms with Crippen molar-refractivity contribution in [1.82, 2.24) is 0 Å². The number of nitrogens with zero attached hydrogens (tertiary/aromatic N) is 2. The van der Waals surface area contributed by atoms with Gasteiger partial charge in [0.25, 0.3) is 0 Å². The molecule has 0 aliphatic rings. The van der Waals surface area contributed by atoms with Crippen molar-refractivity contribution in [2.75, 3.05) is 6.54 Å². The molecular weight excluding hydrogens is 114 g/mol. The standard InChI is InChI=1S/C6H13N3/c1-3-6(9-7)5-8-4-2/h5-7H,3-4H2,1-2H3. The molecular formula is C6H13N3. The second-order valence-electron chi connectivity index (χ2n) is 1.75. The van der Waals surface area contributed by atoms with Crippen molar-refractivity contribution in [2.24, 2.45) is 10.1 Å². The van der Waals surface area contributed by atoms with Crippen LogP contribution in [0.5, 0.6) is 0 Å². The number of hydrogen-bond acceptors (Lipinski definition) is 3. The Morgan fingerprint density at radius 2 is 2.22 bits per heavy atom. The zero-order chi connectivity index (χ0) is 7.11. The lowest BCUT2D eigenvalue weighted by atomic mass is 10.3. The van der Waals surface area contributed by atoms with Crippen molar-refractivity contribution in [3.8, 4) is 0 Å². The van der Waals surface area contributed by atoms with Gasteiger partial charge in [-0.1, -0.05) is 6.92 Å². The smallest absolute Gasteiger partial charge is 0.105 e. The van der Waals surface area contributed by atoms with Crippen molar-refractivity contribution in [3.63, 3.8) is 0 Å². The van der Waals surface area contributed by atoms with Gasteiger partial charge < -0.3 is 0 Å². The van der Waals surface area contributed by atoms with Crippen LogP contribution in [0, 0.1) is 5.53 Å². The van der Waals surface area contributed by atoms with E-state index in [1.807, 2.05) is 13.8 Å². The van der Waals surface area contributed by atoms with E-state index >= 15 is 0 Å². The Morgan fingerprint density at radius 1 is 1.56 bits per heavy atom. The van der Waals surface area contributed by atoms with Gasteiger partial charge in [-0.3, -0.25) is 4.99 Å². The molecule has 0 aromatic rings. The van der Waals surface area contributed by atoms with Crippen LogP contribution in [-0.4, -0.2) is 18.8 Å². The summed E-state index contributed by atoms with van der Waals surface area (Å²) in [5, 5.41) is 3.34. The fourth-order valence-corrected chi connectivity index (χ4v) is 0.457. The summed E-state index contributed by atoms with van der Waals surface area (Å²) in [4.78, 5) is 3.98. The summed E-state index contributed by atoms with van der Waals surface area (Å²) >= 11 is 0. The molecule has 1 N–H and O–H groups in total. The molecule has 0 aliphatic heterocycles. The topological polar surface area (TPSA) is 48.6 Å². The third kappa shape index (κ3) is 3.82. The largest absolute Gasteiger partial charge is 0.295 e. The number of rotatable bonds is 4. The molecule has 1 unspecified atom stereocenters. The summed E-state index contributed by atoms with van der Waals surface area (Å²) in [6.07, 6.45) is 2.60. The minimum Gasteiger partial charge on any atom is -0.295 e. The summed E-state index contributed by atoms with van der Waals surface area (Å²) in [6, 6.07) is 0.00458. The van der Waals surface area contributed by atoms with Gasteiger partial charge >= 0.3 is 0 Å². The average molecular weight is 127 g/mol.